The Morgan fingerprint density at radius 3 is 2.49 bits per heavy atom. The number of aliphatic hydroxyl groups is 1. The smallest absolute Gasteiger partial charge is 0.331 e. The number of ether oxygens (including phenoxy) is 1. The molecule has 1 amide bonds. The van der Waals surface area contributed by atoms with Gasteiger partial charge in [-0.05, 0) is 101 Å². The summed E-state index contributed by atoms with van der Waals surface area (Å²) in [6, 6.07) is 5.16. The van der Waals surface area contributed by atoms with Crippen LogP contribution in [0.15, 0.2) is 47.8 Å². The lowest BCUT2D eigenvalue weighted by Gasteiger charge is -2.36. The molecule has 2 aromatic heterocycles. The summed E-state index contributed by atoms with van der Waals surface area (Å²) < 4.78 is 33.0. The van der Waals surface area contributed by atoms with Gasteiger partial charge in [-0.3, -0.25) is 14.7 Å². The van der Waals surface area contributed by atoms with E-state index in [4.69, 9.17) is 4.74 Å². The third-order valence-electron chi connectivity index (χ3n) is 7.62. The van der Waals surface area contributed by atoms with E-state index in [0.29, 0.717) is 69.5 Å². The van der Waals surface area contributed by atoms with E-state index >= 15 is 0 Å². The molecule has 222 valence electrons. The Kier molecular flexibility index (Phi) is 10.3. The number of anilines is 1. The van der Waals surface area contributed by atoms with Crippen LogP contribution < -0.4 is 4.90 Å². The lowest BCUT2D eigenvalue weighted by molar-refractivity contribution is -0.141. The molecule has 1 saturated carbocycles. The maximum absolute atomic E-state index is 13.8. The van der Waals surface area contributed by atoms with Crippen LogP contribution >= 0.6 is 0 Å². The second-order valence-corrected chi connectivity index (χ2v) is 13.2. The topological polar surface area (TPSA) is 130 Å². The summed E-state index contributed by atoms with van der Waals surface area (Å²) in [5, 5.41) is 9.97. The SMILES string of the molecule is Cc1cncc(S(=O)(=O)N2CCC(CN(C(=O)C3CCC(O)CC3)c3cc(/C=C/C(=O)OC(C)C)ccn3)CC2)c1. The van der Waals surface area contributed by atoms with E-state index in [1.165, 1.54) is 16.6 Å². The number of rotatable bonds is 9. The molecule has 0 bridgehead atoms. The van der Waals surface area contributed by atoms with Crippen molar-refractivity contribution < 1.29 is 27.9 Å². The van der Waals surface area contributed by atoms with Crippen molar-refractivity contribution in [1.82, 2.24) is 14.3 Å². The number of hydrogen-bond acceptors (Lipinski definition) is 8. The number of carbonyl (C=O) groups excluding carboxylic acids is 2. The predicted molar refractivity (Wildman–Crippen MR) is 155 cm³/mol. The summed E-state index contributed by atoms with van der Waals surface area (Å²) >= 11 is 0. The Hall–Kier alpha value is -3.15. The monoisotopic (exact) mass is 584 g/mol. The van der Waals surface area contributed by atoms with Crippen molar-refractivity contribution in [3.63, 3.8) is 0 Å². The Balaban J connectivity index is 1.50. The first kappa shape index (κ1) is 30.8. The number of pyridine rings is 2. The predicted octanol–water partition coefficient (Wildman–Crippen LogP) is 3.73. The minimum Gasteiger partial charge on any atom is -0.460 e. The molecule has 0 radical (unpaired) electrons. The van der Waals surface area contributed by atoms with Gasteiger partial charge in [0.1, 0.15) is 10.7 Å². The number of aryl methyl sites for hydroxylation is 1. The number of nitrogens with zero attached hydrogens (tertiary/aromatic N) is 4. The highest BCUT2D eigenvalue weighted by atomic mass is 32.2. The van der Waals surface area contributed by atoms with Gasteiger partial charge in [0.2, 0.25) is 15.9 Å². The van der Waals surface area contributed by atoms with Gasteiger partial charge in [-0.2, -0.15) is 4.31 Å². The van der Waals surface area contributed by atoms with Gasteiger partial charge >= 0.3 is 5.97 Å². The Morgan fingerprint density at radius 1 is 1.12 bits per heavy atom. The summed E-state index contributed by atoms with van der Waals surface area (Å²) in [6.45, 7) is 6.49. The van der Waals surface area contributed by atoms with Crippen molar-refractivity contribution in [1.29, 1.82) is 0 Å². The molecule has 1 aliphatic carbocycles. The second kappa shape index (κ2) is 13.7. The van der Waals surface area contributed by atoms with E-state index in [1.54, 1.807) is 55.4 Å². The van der Waals surface area contributed by atoms with Gasteiger partial charge in [-0.25, -0.2) is 18.2 Å². The number of aromatic nitrogens is 2. The first-order valence-corrected chi connectivity index (χ1v) is 15.7. The number of amides is 1. The summed E-state index contributed by atoms with van der Waals surface area (Å²) in [4.78, 5) is 36.3. The molecule has 1 N–H and O–H groups in total. The van der Waals surface area contributed by atoms with Crippen molar-refractivity contribution in [2.75, 3.05) is 24.5 Å². The number of carbonyl (C=O) groups is 2. The average molecular weight is 585 g/mol. The van der Waals surface area contributed by atoms with Crippen LogP contribution in [0.4, 0.5) is 5.82 Å². The van der Waals surface area contributed by atoms with Crippen LogP contribution in [-0.4, -0.2) is 71.5 Å². The van der Waals surface area contributed by atoms with Crippen molar-refractivity contribution in [3.8, 4) is 0 Å². The molecule has 1 saturated heterocycles. The highest BCUT2D eigenvalue weighted by Gasteiger charge is 2.34. The fourth-order valence-electron chi connectivity index (χ4n) is 5.37. The van der Waals surface area contributed by atoms with Crippen LogP contribution in [0.2, 0.25) is 0 Å². The maximum atomic E-state index is 13.8. The third kappa shape index (κ3) is 8.21. The molecule has 0 atom stereocenters. The van der Waals surface area contributed by atoms with E-state index in [-0.39, 0.29) is 34.8 Å². The minimum absolute atomic E-state index is 0.0365. The highest BCUT2D eigenvalue weighted by molar-refractivity contribution is 7.89. The van der Waals surface area contributed by atoms with Gasteiger partial charge in [0.25, 0.3) is 0 Å². The Labute approximate surface area is 242 Å². The normalized spacial score (nSPS) is 20.8. The number of piperidine rings is 1. The van der Waals surface area contributed by atoms with Crippen LogP contribution in [-0.2, 0) is 24.3 Å². The summed E-state index contributed by atoms with van der Waals surface area (Å²) in [6.07, 6.45) is 10.6. The van der Waals surface area contributed by atoms with E-state index in [2.05, 4.69) is 9.97 Å². The molecule has 2 aromatic rings. The standard InChI is InChI=1S/C30H40N4O6S/c1-21(2)40-29(36)9-4-23-10-13-32-28(17-23)34(30(37)25-5-7-26(35)8-6-25)20-24-11-14-33(15-12-24)41(38,39)27-16-22(3)18-31-19-27/h4,9-10,13,16-19,21,24-26,35H,5-8,11-12,14-15,20H2,1-3H3/b9-4+. The van der Waals surface area contributed by atoms with Gasteiger partial charge in [0.05, 0.1) is 12.2 Å². The minimum atomic E-state index is -3.65. The van der Waals surface area contributed by atoms with Crippen LogP contribution in [0.25, 0.3) is 6.08 Å². The van der Waals surface area contributed by atoms with Crippen LogP contribution in [0.5, 0.6) is 0 Å². The molecule has 2 aliphatic rings. The van der Waals surface area contributed by atoms with Gasteiger partial charge in [-0.1, -0.05) is 0 Å². The van der Waals surface area contributed by atoms with Crippen LogP contribution in [0, 0.1) is 18.8 Å². The van der Waals surface area contributed by atoms with Gasteiger partial charge in [0, 0.05) is 50.2 Å². The number of esters is 1. The van der Waals surface area contributed by atoms with Crippen molar-refractivity contribution in [3.05, 3.63) is 54.0 Å². The van der Waals surface area contributed by atoms with Crippen molar-refractivity contribution in [2.24, 2.45) is 11.8 Å². The number of aliphatic hydroxyl groups excluding tert-OH is 1. The Morgan fingerprint density at radius 2 is 1.83 bits per heavy atom. The molecule has 0 aromatic carbocycles. The van der Waals surface area contributed by atoms with E-state index in [9.17, 15) is 23.1 Å². The zero-order valence-corrected chi connectivity index (χ0v) is 24.8. The largest absolute Gasteiger partial charge is 0.460 e. The molecule has 1 aliphatic heterocycles. The quantitative estimate of drug-likeness (QED) is 0.349. The van der Waals surface area contributed by atoms with E-state index in [0.717, 1.165) is 5.56 Å². The first-order chi connectivity index (χ1) is 19.5. The fraction of sp³-hybridized carbons (Fsp3) is 0.533. The maximum Gasteiger partial charge on any atom is 0.331 e. The molecule has 4 rings (SSSR count). The summed E-state index contributed by atoms with van der Waals surface area (Å²) in [5.74, 6) is -0.130. The molecule has 11 heteroatoms. The van der Waals surface area contributed by atoms with Crippen LogP contribution in [0.3, 0.4) is 0 Å². The molecule has 10 nitrogen and oxygen atoms in total. The molecule has 0 unspecified atom stereocenters. The van der Waals surface area contributed by atoms with Gasteiger partial charge in [0.15, 0.2) is 0 Å². The molecule has 2 fully saturated rings. The van der Waals surface area contributed by atoms with Gasteiger partial charge < -0.3 is 9.84 Å². The summed E-state index contributed by atoms with van der Waals surface area (Å²) in [5.41, 5.74) is 1.49. The lowest BCUT2D eigenvalue weighted by Crippen LogP contribution is -2.45. The molecule has 41 heavy (non-hydrogen) atoms. The van der Waals surface area contributed by atoms with Crippen molar-refractivity contribution >= 4 is 33.8 Å². The second-order valence-electron chi connectivity index (χ2n) is 11.3. The Bertz CT molecular complexity index is 1350. The van der Waals surface area contributed by atoms with E-state index in [1.807, 2.05) is 6.92 Å². The molecule has 3 heterocycles. The average Bonchev–Trinajstić information content (AvgIpc) is 2.95. The van der Waals surface area contributed by atoms with E-state index < -0.39 is 16.0 Å². The molecular formula is C30H40N4O6S. The lowest BCUT2D eigenvalue weighted by atomic mass is 9.86. The van der Waals surface area contributed by atoms with Gasteiger partial charge in [-0.15, -0.1) is 0 Å². The molecule has 0 spiro atoms. The zero-order chi connectivity index (χ0) is 29.6. The zero-order valence-electron chi connectivity index (χ0n) is 24.0. The van der Waals surface area contributed by atoms with Crippen molar-refractivity contribution in [2.45, 2.75) is 76.4 Å². The fourth-order valence-corrected chi connectivity index (χ4v) is 6.89. The third-order valence-corrected chi connectivity index (χ3v) is 9.49. The summed E-state index contributed by atoms with van der Waals surface area (Å²) in [7, 11) is -3.65. The molecular weight excluding hydrogens is 544 g/mol. The highest BCUT2D eigenvalue weighted by Crippen LogP contribution is 2.31. The number of sulfonamides is 1. The first-order valence-electron chi connectivity index (χ1n) is 14.3. The number of hydrogen-bond donors (Lipinski definition) is 1. The van der Waals surface area contributed by atoms with Crippen LogP contribution in [0.1, 0.15) is 63.5 Å².